The Morgan fingerprint density at radius 2 is 1.70 bits per heavy atom. The van der Waals surface area contributed by atoms with Crippen molar-refractivity contribution >= 4 is 44.8 Å². The average molecular weight is 1070 g/mol. The zero-order valence-corrected chi connectivity index (χ0v) is 44.7. The molecule has 0 saturated carbocycles. The number of allylic oxidation sites excluding steroid dienone is 3. The quantitative estimate of drug-likeness (QED) is 0.107. The van der Waals surface area contributed by atoms with Crippen LogP contribution in [0.3, 0.4) is 0 Å². The van der Waals surface area contributed by atoms with Crippen LogP contribution in [0.5, 0.6) is 17.2 Å². The van der Waals surface area contributed by atoms with E-state index in [1.54, 1.807) is 82.3 Å². The number of piperidine rings is 2. The molecule has 406 valence electrons. The summed E-state index contributed by atoms with van der Waals surface area (Å²) < 4.78 is 43.8. The first-order valence-electron chi connectivity index (χ1n) is 26.3. The van der Waals surface area contributed by atoms with E-state index in [4.69, 9.17) is 14.5 Å². The molecule has 5 aromatic rings. The van der Waals surface area contributed by atoms with Crippen molar-refractivity contribution in [3.05, 3.63) is 104 Å². The maximum absolute atomic E-state index is 14.0. The summed E-state index contributed by atoms with van der Waals surface area (Å²) in [7, 11) is -2.27. The van der Waals surface area contributed by atoms with Crippen molar-refractivity contribution in [3.63, 3.8) is 0 Å². The monoisotopic (exact) mass is 1070 g/mol. The molecule has 4 N–H and O–H groups in total. The van der Waals surface area contributed by atoms with Gasteiger partial charge >= 0.3 is 12.1 Å². The second kappa shape index (κ2) is 20.5. The van der Waals surface area contributed by atoms with E-state index >= 15 is 0 Å². The molecule has 10 rings (SSSR count). The third-order valence-corrected chi connectivity index (χ3v) is 18.0. The number of nitrogens with one attached hydrogen (secondary N) is 1. The normalized spacial score (nSPS) is 19.9. The zero-order chi connectivity index (χ0) is 54.8. The van der Waals surface area contributed by atoms with Crippen molar-refractivity contribution in [2.24, 2.45) is 5.92 Å². The third-order valence-electron chi connectivity index (χ3n) is 16.0. The molecule has 2 atom stereocenters. The Bertz CT molecular complexity index is 3500. The third kappa shape index (κ3) is 9.22. The van der Waals surface area contributed by atoms with Gasteiger partial charge in [-0.15, -0.1) is 10.2 Å². The van der Waals surface area contributed by atoms with E-state index in [9.17, 15) is 47.7 Å². The summed E-state index contributed by atoms with van der Waals surface area (Å²) in [5.41, 5.74) is 2.51. The van der Waals surface area contributed by atoms with Gasteiger partial charge in [0.1, 0.15) is 23.9 Å². The van der Waals surface area contributed by atoms with Crippen LogP contribution in [0.15, 0.2) is 64.3 Å². The van der Waals surface area contributed by atoms with Crippen LogP contribution in [0.2, 0.25) is 0 Å². The van der Waals surface area contributed by atoms with Gasteiger partial charge in [0.05, 0.1) is 45.5 Å². The van der Waals surface area contributed by atoms with Crippen molar-refractivity contribution < 1.29 is 52.4 Å². The SMILES string of the molecule is CCNC(=O)c1nnc(-c2cc(C(C)C)c(O)cc2O)n1C1C=CC(S(=O)(=O)N2CCC(C(=O)N3CCC(N(C)C(=O)Oc4ccc5nc6c(c(CC)c5c4)Cn4c-6cc5c(c4=O)COC(=O)C5(O)CC)CC3)CC2)=CC1. The topological polar surface area (TPSA) is 269 Å². The lowest BCUT2D eigenvalue weighted by atomic mass is 9.86. The molecule has 1 aliphatic carbocycles. The summed E-state index contributed by atoms with van der Waals surface area (Å²) in [6, 6.07) is 8.95. The molecular weight excluding hydrogens is 1010 g/mol. The maximum Gasteiger partial charge on any atom is 0.415 e. The standard InChI is InChI=1S/C55H63N9O12S/c1-7-36-38-24-34(12-15-43(38)57-47-40(36)28-63-44(47)26-42-41(52(63)69)29-75-53(70)55(42,72)8-2)76-54(71)60(6)32-18-20-61(21-19-32)51(68)31-16-22-62(23-17-31)77(73,74)35-13-10-33(11-14-35)64-48(58-59-49(64)50(67)56-9-3)39-25-37(30(4)5)45(65)27-46(39)66/h10,12-15,24-27,30-33,65-66,72H,7-9,11,16-23,28-29H2,1-6H3,(H,56,67). The molecule has 77 heavy (non-hydrogen) atoms. The fraction of sp³-hybridized carbons (Fsp3) is 0.455. The molecule has 0 spiro atoms. The van der Waals surface area contributed by atoms with Crippen molar-refractivity contribution in [1.29, 1.82) is 0 Å². The number of hydrogen-bond donors (Lipinski definition) is 4. The largest absolute Gasteiger partial charge is 0.508 e. The number of cyclic esters (lactones) is 1. The highest BCUT2D eigenvalue weighted by atomic mass is 32.2. The predicted molar refractivity (Wildman–Crippen MR) is 282 cm³/mol. The second-order valence-electron chi connectivity index (χ2n) is 20.7. The van der Waals surface area contributed by atoms with Crippen LogP contribution in [-0.2, 0) is 49.5 Å². The first-order valence-corrected chi connectivity index (χ1v) is 27.8. The molecule has 5 aliphatic rings. The first-order chi connectivity index (χ1) is 36.8. The smallest absolute Gasteiger partial charge is 0.415 e. The molecule has 7 heterocycles. The highest BCUT2D eigenvalue weighted by molar-refractivity contribution is 7.93. The molecule has 3 amide bonds. The van der Waals surface area contributed by atoms with E-state index in [-0.39, 0.29) is 113 Å². The molecule has 0 radical (unpaired) electrons. The molecule has 3 aromatic heterocycles. The van der Waals surface area contributed by atoms with Crippen LogP contribution in [-0.4, -0.2) is 132 Å². The Kier molecular flexibility index (Phi) is 14.1. The number of likely N-dealkylation sites (tertiary alicyclic amines) is 1. The van der Waals surface area contributed by atoms with Crippen molar-refractivity contribution in [2.75, 3.05) is 39.8 Å². The van der Waals surface area contributed by atoms with Crippen molar-refractivity contribution in [3.8, 4) is 40.0 Å². The number of amides is 3. The molecule has 2 aromatic carbocycles. The van der Waals surface area contributed by atoms with Gasteiger partial charge in [0.2, 0.25) is 21.8 Å². The van der Waals surface area contributed by atoms with Crippen molar-refractivity contribution in [1.82, 2.24) is 43.7 Å². The number of aromatic hydroxyl groups is 2. The lowest BCUT2D eigenvalue weighted by molar-refractivity contribution is -0.172. The van der Waals surface area contributed by atoms with Gasteiger partial charge in [0.25, 0.3) is 11.5 Å². The van der Waals surface area contributed by atoms with Gasteiger partial charge in [-0.1, -0.05) is 39.8 Å². The Balaban J connectivity index is 0.744. The number of fused-ring (bicyclic) bond motifs is 5. The van der Waals surface area contributed by atoms with Crippen LogP contribution in [0, 0.1) is 5.92 Å². The number of phenolic OH excluding ortho intramolecular Hbond substituents is 2. The molecule has 2 saturated heterocycles. The van der Waals surface area contributed by atoms with Crippen LogP contribution in [0.1, 0.15) is 124 Å². The van der Waals surface area contributed by atoms with E-state index in [0.717, 1.165) is 16.5 Å². The van der Waals surface area contributed by atoms with Gasteiger partial charge in [-0.3, -0.25) is 19.0 Å². The number of pyridine rings is 2. The maximum atomic E-state index is 14.0. The highest BCUT2D eigenvalue weighted by Gasteiger charge is 2.46. The Morgan fingerprint density at radius 1 is 0.961 bits per heavy atom. The summed E-state index contributed by atoms with van der Waals surface area (Å²) in [4.78, 5) is 75.6. The van der Waals surface area contributed by atoms with Crippen molar-refractivity contribution in [2.45, 2.75) is 116 Å². The number of nitrogens with zero attached hydrogens (tertiary/aromatic N) is 8. The Hall–Kier alpha value is -7.43. The second-order valence-corrected chi connectivity index (χ2v) is 22.6. The summed E-state index contributed by atoms with van der Waals surface area (Å²) >= 11 is 0. The van der Waals surface area contributed by atoms with E-state index in [2.05, 4.69) is 15.5 Å². The van der Waals surface area contributed by atoms with Crippen LogP contribution in [0.25, 0.3) is 33.7 Å². The van der Waals surface area contributed by atoms with Crippen LogP contribution >= 0.6 is 0 Å². The first kappa shape index (κ1) is 53.0. The number of rotatable bonds is 12. The number of benzene rings is 2. The minimum absolute atomic E-state index is 0.0221. The van der Waals surface area contributed by atoms with E-state index in [1.165, 1.54) is 16.4 Å². The van der Waals surface area contributed by atoms with Gasteiger partial charge in [0, 0.05) is 74.3 Å². The summed E-state index contributed by atoms with van der Waals surface area (Å²) in [5.74, 6) is -1.65. The fourth-order valence-electron chi connectivity index (χ4n) is 11.5. The minimum atomic E-state index is -3.95. The molecule has 0 bridgehead atoms. The number of hydrogen-bond acceptors (Lipinski definition) is 15. The average Bonchev–Trinajstić information content (AvgIpc) is 4.15. The number of aliphatic hydroxyl groups is 1. The van der Waals surface area contributed by atoms with E-state index < -0.39 is 39.6 Å². The number of ether oxygens (including phenoxy) is 2. The fourth-order valence-corrected chi connectivity index (χ4v) is 13.1. The molecule has 4 aliphatic heterocycles. The highest BCUT2D eigenvalue weighted by Crippen LogP contribution is 2.43. The predicted octanol–water partition coefficient (Wildman–Crippen LogP) is 5.73. The minimum Gasteiger partial charge on any atom is -0.508 e. The number of phenols is 2. The molecular formula is C55H63N9O12S. The number of sulfonamides is 1. The molecule has 2 fully saturated rings. The van der Waals surface area contributed by atoms with E-state index in [1.807, 2.05) is 20.8 Å². The lowest BCUT2D eigenvalue weighted by Crippen LogP contribution is -2.50. The number of aromatic nitrogens is 5. The summed E-state index contributed by atoms with van der Waals surface area (Å²) in [6.07, 6.45) is 6.73. The van der Waals surface area contributed by atoms with Crippen LogP contribution in [0.4, 0.5) is 4.79 Å². The Morgan fingerprint density at radius 3 is 2.36 bits per heavy atom. The molecule has 21 nitrogen and oxygen atoms in total. The molecule has 22 heteroatoms. The van der Waals surface area contributed by atoms with Gasteiger partial charge in [-0.25, -0.2) is 23.0 Å². The van der Waals surface area contributed by atoms with Gasteiger partial charge in [-0.05, 0) is 105 Å². The number of aryl methyl sites for hydroxylation is 1. The lowest BCUT2D eigenvalue weighted by Gasteiger charge is -2.39. The van der Waals surface area contributed by atoms with Crippen LogP contribution < -0.4 is 15.6 Å². The molecule has 2 unspecified atom stereocenters. The van der Waals surface area contributed by atoms with Gasteiger partial charge in [0.15, 0.2) is 11.4 Å². The van der Waals surface area contributed by atoms with Gasteiger partial charge in [-0.2, -0.15) is 4.31 Å². The zero-order valence-electron chi connectivity index (χ0n) is 43.9. The Labute approximate surface area is 444 Å². The summed E-state index contributed by atoms with van der Waals surface area (Å²) in [6.45, 7) is 10.7. The summed E-state index contributed by atoms with van der Waals surface area (Å²) in [5, 5.41) is 44.7. The number of esters is 1. The number of carbonyl (C=O) groups excluding carboxylic acids is 4. The van der Waals surface area contributed by atoms with E-state index in [0.29, 0.717) is 80.0 Å². The van der Waals surface area contributed by atoms with Gasteiger partial charge < -0.3 is 44.5 Å². The number of carbonyl (C=O) groups is 4.